The van der Waals surface area contributed by atoms with E-state index in [4.69, 9.17) is 0 Å². The van der Waals surface area contributed by atoms with Gasteiger partial charge in [0, 0.05) is 49.2 Å². The molecule has 0 fully saturated rings. The molecule has 0 spiro atoms. The van der Waals surface area contributed by atoms with E-state index in [0.29, 0.717) is 0 Å². The third-order valence-electron chi connectivity index (χ3n) is 22.7. The third kappa shape index (κ3) is 7.75. The summed E-state index contributed by atoms with van der Waals surface area (Å²) in [4.78, 5) is 2.77. The molecule has 6 aliphatic rings. The van der Waals surface area contributed by atoms with E-state index in [0.717, 1.165) is 5.69 Å². The van der Waals surface area contributed by atoms with Crippen LogP contribution in [0.2, 0.25) is 0 Å². The zero-order valence-corrected chi connectivity index (χ0v) is 53.2. The third-order valence-corrected chi connectivity index (χ3v) is 23.9. The maximum absolute atomic E-state index is 4.30. The summed E-state index contributed by atoms with van der Waals surface area (Å²) in [6.45, 7) is 44.8. The lowest BCUT2D eigenvalue weighted by molar-refractivity contribution is 0.331. The van der Waals surface area contributed by atoms with Gasteiger partial charge in [-0.25, -0.2) is 0 Å². The molecule has 1 N–H and O–H groups in total. The lowest BCUT2D eigenvalue weighted by Crippen LogP contribution is -2.44. The van der Waals surface area contributed by atoms with Crippen LogP contribution in [0.15, 0.2) is 103 Å². The number of nitrogens with one attached hydrogen (secondary N) is 1. The highest BCUT2D eigenvalue weighted by Crippen LogP contribution is 2.60. The summed E-state index contributed by atoms with van der Waals surface area (Å²) < 4.78 is 2.69. The standard InChI is InChI=1S/C77H88BN2S/c1-69(2)29-31-71(5,6)54-37-44(23-26-51(54)69)79-61-28-25-47-48-40-56-57(74(11,12)34-33-73(56,9)10)41-53(48)77(17,18)65(47)64(61)50-39-49-46-21-19-20-22-63(46)81-68(49)67-66(50)78-60-42-58-59(76(15,16)36-35-75(58,13)14)43-62(60)80(67)45-24-27-52-55(38-45)72(7,8)32-30-70(52,3)4/h19-28,37-43,79H,29-36H2,1-18H3. The van der Waals surface area contributed by atoms with Crippen LogP contribution in [0.4, 0.5) is 28.4 Å². The Hall–Kier alpha value is -5.58. The van der Waals surface area contributed by atoms with Gasteiger partial charge >= 0.3 is 0 Å². The monoisotopic (exact) mass is 1080 g/mol. The summed E-state index contributed by atoms with van der Waals surface area (Å²) in [6, 6.07) is 42.5. The molecule has 0 atom stereocenters. The van der Waals surface area contributed by atoms with E-state index in [2.05, 4.69) is 245 Å². The van der Waals surface area contributed by atoms with Crippen molar-refractivity contribution in [3.05, 3.63) is 159 Å². The molecule has 81 heavy (non-hydrogen) atoms. The molecule has 0 unspecified atom stereocenters. The van der Waals surface area contributed by atoms with Gasteiger partial charge in [0.15, 0.2) is 7.28 Å². The molecule has 4 heteroatoms. The normalized spacial score (nSPS) is 21.8. The van der Waals surface area contributed by atoms with Gasteiger partial charge in [0.25, 0.3) is 0 Å². The molecule has 415 valence electrons. The van der Waals surface area contributed by atoms with Crippen LogP contribution in [0, 0.1) is 0 Å². The zero-order chi connectivity index (χ0) is 57.3. The summed E-state index contributed by atoms with van der Waals surface area (Å²) in [5.74, 6) is 0. The number of fused-ring (bicyclic) bond motifs is 13. The van der Waals surface area contributed by atoms with Crippen molar-refractivity contribution in [2.45, 2.75) is 225 Å². The number of hydrogen-bond donors (Lipinski definition) is 1. The van der Waals surface area contributed by atoms with Crippen molar-refractivity contribution < 1.29 is 0 Å². The number of benzene rings is 7. The average molecular weight is 1080 g/mol. The molecule has 2 heterocycles. The van der Waals surface area contributed by atoms with Gasteiger partial charge in [-0.2, -0.15) is 0 Å². The van der Waals surface area contributed by atoms with Crippen molar-refractivity contribution in [3.8, 4) is 22.3 Å². The summed E-state index contributed by atoms with van der Waals surface area (Å²) >= 11 is 1.98. The summed E-state index contributed by atoms with van der Waals surface area (Å²) in [6.07, 6.45) is 9.46. The predicted molar refractivity (Wildman–Crippen MR) is 353 cm³/mol. The molecule has 0 saturated carbocycles. The molecule has 2 nitrogen and oxygen atoms in total. The fourth-order valence-electron chi connectivity index (χ4n) is 16.8. The quantitative estimate of drug-likeness (QED) is 0.177. The minimum Gasteiger partial charge on any atom is -0.355 e. The largest absolute Gasteiger partial charge is 0.355 e. The minimum absolute atomic E-state index is 0.0412. The molecule has 7 aromatic carbocycles. The van der Waals surface area contributed by atoms with Gasteiger partial charge in [-0.15, -0.1) is 11.3 Å². The highest BCUT2D eigenvalue weighted by atomic mass is 32.1. The minimum atomic E-state index is -0.317. The van der Waals surface area contributed by atoms with E-state index in [1.807, 2.05) is 11.3 Å². The highest BCUT2D eigenvalue weighted by molar-refractivity contribution is 7.26. The maximum Gasteiger partial charge on any atom is 0.197 e. The van der Waals surface area contributed by atoms with Crippen LogP contribution in [-0.4, -0.2) is 7.28 Å². The lowest BCUT2D eigenvalue weighted by atomic mass is 9.54. The van der Waals surface area contributed by atoms with Gasteiger partial charge in [0.05, 0.1) is 10.4 Å². The number of hydrogen-bond acceptors (Lipinski definition) is 3. The second-order valence-electron chi connectivity index (χ2n) is 32.3. The topological polar surface area (TPSA) is 15.3 Å². The Labute approximate surface area is 491 Å². The van der Waals surface area contributed by atoms with E-state index in [-0.39, 0.29) is 48.7 Å². The van der Waals surface area contributed by atoms with Gasteiger partial charge in [-0.1, -0.05) is 179 Å². The first-order valence-corrected chi connectivity index (χ1v) is 31.9. The van der Waals surface area contributed by atoms with Crippen molar-refractivity contribution in [1.82, 2.24) is 0 Å². The van der Waals surface area contributed by atoms with Crippen LogP contribution < -0.4 is 21.1 Å². The van der Waals surface area contributed by atoms with Crippen molar-refractivity contribution in [1.29, 1.82) is 0 Å². The SMILES string of the molecule is CC1(C)CCC(C)(C)c2cc(Nc3ccc4c(c3-c3cc5c(sc6ccccc65)c5c3[B]c3cc6c(cc3N5c3ccc5c(c3)C(C)(C)CCC5(C)C)C(C)(C)CCC6(C)C)C(C)(C)c3cc5c(cc3-4)C(C)(C)CCC5(C)C)ccc21. The number of rotatable bonds is 4. The number of anilines is 5. The predicted octanol–water partition coefficient (Wildman–Crippen LogP) is 20.6. The molecule has 14 rings (SSSR count). The van der Waals surface area contributed by atoms with Crippen LogP contribution in [0.3, 0.4) is 0 Å². The smallest absolute Gasteiger partial charge is 0.197 e. The van der Waals surface area contributed by atoms with E-state index in [1.165, 1.54) is 183 Å². The second-order valence-corrected chi connectivity index (χ2v) is 33.3. The maximum atomic E-state index is 4.30. The van der Waals surface area contributed by atoms with Crippen molar-refractivity contribution in [3.63, 3.8) is 0 Å². The average Bonchev–Trinajstić information content (AvgIpc) is 2.42. The number of nitrogens with zero attached hydrogens (tertiary/aromatic N) is 1. The summed E-state index contributed by atoms with van der Waals surface area (Å²) in [5, 5.41) is 6.96. The molecule has 0 bridgehead atoms. The van der Waals surface area contributed by atoms with Gasteiger partial charge in [0.1, 0.15) is 0 Å². The Morgan fingerprint density at radius 3 is 1.53 bits per heavy atom. The molecule has 1 aliphatic heterocycles. The molecule has 1 radical (unpaired) electrons. The van der Waals surface area contributed by atoms with E-state index in [9.17, 15) is 0 Å². The molecule has 1 aromatic heterocycles. The first-order valence-electron chi connectivity index (χ1n) is 31.1. The van der Waals surface area contributed by atoms with Crippen LogP contribution in [0.1, 0.15) is 232 Å². The lowest BCUT2D eigenvalue weighted by Gasteiger charge is -2.45. The van der Waals surface area contributed by atoms with Crippen molar-refractivity contribution in [2.24, 2.45) is 0 Å². The fraction of sp³-hybridized carbons (Fsp3) is 0.455. The Morgan fingerprint density at radius 1 is 0.420 bits per heavy atom. The highest BCUT2D eigenvalue weighted by Gasteiger charge is 2.47. The van der Waals surface area contributed by atoms with Crippen molar-refractivity contribution in [2.75, 3.05) is 10.2 Å². The summed E-state index contributed by atoms with van der Waals surface area (Å²) in [7, 11) is 2.65. The molecular formula is C77H88BN2S. The Balaban J connectivity index is 1.11. The zero-order valence-electron chi connectivity index (χ0n) is 52.4. The fourth-order valence-corrected chi connectivity index (χ4v) is 18.0. The number of thiophene rings is 1. The van der Waals surface area contributed by atoms with Gasteiger partial charge in [-0.05, 0) is 227 Å². The van der Waals surface area contributed by atoms with Gasteiger partial charge in [0.2, 0.25) is 0 Å². The Bertz CT molecular complexity index is 4050. The molecule has 5 aliphatic carbocycles. The first kappa shape index (κ1) is 53.4. The molecule has 8 aromatic rings. The van der Waals surface area contributed by atoms with Crippen LogP contribution in [-0.2, 0) is 48.7 Å². The Morgan fingerprint density at radius 2 is 0.926 bits per heavy atom. The van der Waals surface area contributed by atoms with E-state index >= 15 is 0 Å². The van der Waals surface area contributed by atoms with Gasteiger partial charge < -0.3 is 10.2 Å². The van der Waals surface area contributed by atoms with Crippen LogP contribution >= 0.6 is 11.3 Å². The summed E-state index contributed by atoms with van der Waals surface area (Å²) in [5.41, 5.74) is 29.5. The van der Waals surface area contributed by atoms with Crippen molar-refractivity contribution >= 4 is 78.2 Å². The molecule has 0 saturated heterocycles. The van der Waals surface area contributed by atoms with E-state index in [1.54, 1.807) is 0 Å². The molecular weight excluding hydrogens is 996 g/mol. The second kappa shape index (κ2) is 16.8. The van der Waals surface area contributed by atoms with E-state index < -0.39 is 0 Å². The van der Waals surface area contributed by atoms with Gasteiger partial charge in [-0.3, -0.25) is 0 Å². The first-order chi connectivity index (χ1) is 37.8. The molecule has 0 amide bonds. The Kier molecular flexibility index (Phi) is 11.1. The van der Waals surface area contributed by atoms with Crippen LogP contribution in [0.5, 0.6) is 0 Å². The van der Waals surface area contributed by atoms with Crippen LogP contribution in [0.25, 0.3) is 42.4 Å².